The zero-order chi connectivity index (χ0) is 13.2. The van der Waals surface area contributed by atoms with Crippen LogP contribution in [-0.2, 0) is 17.6 Å². The highest BCUT2D eigenvalue weighted by atomic mass is 35.5. The van der Waals surface area contributed by atoms with Crippen LogP contribution in [0.25, 0.3) is 0 Å². The molecule has 3 heteroatoms. The van der Waals surface area contributed by atoms with Crippen molar-refractivity contribution < 1.29 is 4.79 Å². The summed E-state index contributed by atoms with van der Waals surface area (Å²) in [5.74, 6) is 0.374. The highest BCUT2D eigenvalue weighted by Crippen LogP contribution is 2.36. The lowest BCUT2D eigenvalue weighted by atomic mass is 9.83. The standard InChI is InChI=1S/C16H15ClOS/c17-14-6-2-1-4-11(14)10-15(18)12-5-3-7-16-13(12)8-9-19-16/h1-2,4,6,8-9,12H,3,5,7,10H2. The van der Waals surface area contributed by atoms with Gasteiger partial charge >= 0.3 is 0 Å². The Hall–Kier alpha value is -1.12. The van der Waals surface area contributed by atoms with Crippen LogP contribution in [0.1, 0.15) is 34.8 Å². The van der Waals surface area contributed by atoms with E-state index in [2.05, 4.69) is 11.4 Å². The number of aryl methyl sites for hydroxylation is 1. The molecular formula is C16H15ClOS. The van der Waals surface area contributed by atoms with Crippen LogP contribution in [0.3, 0.4) is 0 Å². The number of rotatable bonds is 3. The summed E-state index contributed by atoms with van der Waals surface area (Å²) in [4.78, 5) is 13.9. The Bertz CT molecular complexity index is 602. The Labute approximate surface area is 122 Å². The molecule has 1 aromatic carbocycles. The summed E-state index contributed by atoms with van der Waals surface area (Å²) < 4.78 is 0. The number of hydrogen-bond donors (Lipinski definition) is 0. The lowest BCUT2D eigenvalue weighted by Gasteiger charge is -2.21. The van der Waals surface area contributed by atoms with Crippen molar-refractivity contribution in [1.29, 1.82) is 0 Å². The maximum absolute atomic E-state index is 12.5. The van der Waals surface area contributed by atoms with Crippen LogP contribution >= 0.6 is 22.9 Å². The monoisotopic (exact) mass is 290 g/mol. The van der Waals surface area contributed by atoms with Gasteiger partial charge in [-0.1, -0.05) is 29.8 Å². The van der Waals surface area contributed by atoms with Crippen molar-refractivity contribution in [3.05, 3.63) is 56.7 Å². The molecule has 1 unspecified atom stereocenters. The zero-order valence-corrected chi connectivity index (χ0v) is 12.1. The number of benzene rings is 1. The number of halogens is 1. The first-order valence-corrected chi connectivity index (χ1v) is 7.84. The number of Topliss-reactive ketones (excluding diaryl/α,β-unsaturated/α-hetero) is 1. The molecule has 1 aliphatic rings. The first-order chi connectivity index (χ1) is 9.25. The van der Waals surface area contributed by atoms with Crippen LogP contribution in [0.4, 0.5) is 0 Å². The van der Waals surface area contributed by atoms with E-state index in [0.29, 0.717) is 17.2 Å². The molecule has 2 aromatic rings. The van der Waals surface area contributed by atoms with Gasteiger partial charge in [-0.25, -0.2) is 0 Å². The second-order valence-corrected chi connectivity index (χ2v) is 6.39. The molecule has 1 heterocycles. The summed E-state index contributed by atoms with van der Waals surface area (Å²) in [6.07, 6.45) is 3.67. The molecule has 1 aromatic heterocycles. The molecule has 0 saturated heterocycles. The fourth-order valence-corrected chi connectivity index (χ4v) is 3.96. The molecule has 0 fully saturated rings. The SMILES string of the molecule is O=C(Cc1ccccc1Cl)C1CCCc2sccc21. The van der Waals surface area contributed by atoms with E-state index >= 15 is 0 Å². The molecule has 0 amide bonds. The summed E-state index contributed by atoms with van der Waals surface area (Å²) >= 11 is 7.91. The average molecular weight is 291 g/mol. The summed E-state index contributed by atoms with van der Waals surface area (Å²) in [7, 11) is 0. The van der Waals surface area contributed by atoms with E-state index in [9.17, 15) is 4.79 Å². The molecule has 0 bridgehead atoms. The van der Waals surface area contributed by atoms with Crippen molar-refractivity contribution in [2.75, 3.05) is 0 Å². The van der Waals surface area contributed by atoms with Gasteiger partial charge < -0.3 is 0 Å². The van der Waals surface area contributed by atoms with Gasteiger partial charge in [0.2, 0.25) is 0 Å². The van der Waals surface area contributed by atoms with E-state index in [1.165, 1.54) is 10.4 Å². The third kappa shape index (κ3) is 2.60. The number of ketones is 1. The number of carbonyl (C=O) groups is 1. The predicted octanol–water partition coefficient (Wildman–Crippen LogP) is 4.63. The van der Waals surface area contributed by atoms with Crippen LogP contribution in [-0.4, -0.2) is 5.78 Å². The fourth-order valence-electron chi connectivity index (χ4n) is 2.77. The van der Waals surface area contributed by atoms with Crippen molar-refractivity contribution in [3.8, 4) is 0 Å². The molecule has 1 nitrogen and oxygen atoms in total. The van der Waals surface area contributed by atoms with Gasteiger partial charge in [0.15, 0.2) is 0 Å². The molecule has 0 spiro atoms. The van der Waals surface area contributed by atoms with E-state index < -0.39 is 0 Å². The van der Waals surface area contributed by atoms with Gasteiger partial charge in [-0.05, 0) is 47.9 Å². The minimum absolute atomic E-state index is 0.0753. The number of fused-ring (bicyclic) bond motifs is 1. The topological polar surface area (TPSA) is 17.1 Å². The molecule has 0 radical (unpaired) electrons. The minimum Gasteiger partial charge on any atom is -0.299 e. The molecule has 0 saturated carbocycles. The maximum Gasteiger partial charge on any atom is 0.144 e. The van der Waals surface area contributed by atoms with E-state index in [-0.39, 0.29) is 5.92 Å². The summed E-state index contributed by atoms with van der Waals surface area (Å²) in [5.41, 5.74) is 2.20. The molecule has 98 valence electrons. The summed E-state index contributed by atoms with van der Waals surface area (Å²) in [6.45, 7) is 0. The van der Waals surface area contributed by atoms with Crippen molar-refractivity contribution in [2.45, 2.75) is 31.6 Å². The Morgan fingerprint density at radius 2 is 2.16 bits per heavy atom. The largest absolute Gasteiger partial charge is 0.299 e. The third-order valence-corrected chi connectivity index (χ3v) is 5.13. The average Bonchev–Trinajstić information content (AvgIpc) is 2.89. The van der Waals surface area contributed by atoms with Gasteiger partial charge in [0.05, 0.1) is 0 Å². The second-order valence-electron chi connectivity index (χ2n) is 4.98. The van der Waals surface area contributed by atoms with Crippen LogP contribution in [0.15, 0.2) is 35.7 Å². The first kappa shape index (κ1) is 12.9. The number of hydrogen-bond acceptors (Lipinski definition) is 2. The van der Waals surface area contributed by atoms with E-state index in [0.717, 1.165) is 24.8 Å². The van der Waals surface area contributed by atoms with Crippen LogP contribution in [0.2, 0.25) is 5.02 Å². The minimum atomic E-state index is 0.0753. The number of carbonyl (C=O) groups excluding carboxylic acids is 1. The molecule has 0 aliphatic heterocycles. The fraction of sp³-hybridized carbons (Fsp3) is 0.312. The van der Waals surface area contributed by atoms with E-state index in [1.807, 2.05) is 24.3 Å². The van der Waals surface area contributed by atoms with Crippen molar-refractivity contribution >= 4 is 28.7 Å². The Balaban J connectivity index is 1.81. The van der Waals surface area contributed by atoms with Gasteiger partial charge in [0, 0.05) is 22.2 Å². The molecule has 19 heavy (non-hydrogen) atoms. The number of thiophene rings is 1. The van der Waals surface area contributed by atoms with Gasteiger partial charge in [-0.3, -0.25) is 4.79 Å². The molecule has 0 N–H and O–H groups in total. The van der Waals surface area contributed by atoms with Crippen LogP contribution in [0, 0.1) is 0 Å². The van der Waals surface area contributed by atoms with Gasteiger partial charge in [0.25, 0.3) is 0 Å². The zero-order valence-electron chi connectivity index (χ0n) is 10.6. The summed E-state index contributed by atoms with van der Waals surface area (Å²) in [5, 5.41) is 2.79. The molecule has 1 aliphatic carbocycles. The highest BCUT2D eigenvalue weighted by Gasteiger charge is 2.27. The van der Waals surface area contributed by atoms with Crippen molar-refractivity contribution in [1.82, 2.24) is 0 Å². The van der Waals surface area contributed by atoms with Crippen molar-refractivity contribution in [2.24, 2.45) is 0 Å². The van der Waals surface area contributed by atoms with Gasteiger partial charge in [0.1, 0.15) is 5.78 Å². The molecule has 3 rings (SSSR count). The normalized spacial score (nSPS) is 18.1. The maximum atomic E-state index is 12.5. The molecular weight excluding hydrogens is 276 g/mol. The Morgan fingerprint density at radius 3 is 3.00 bits per heavy atom. The second kappa shape index (κ2) is 5.48. The van der Waals surface area contributed by atoms with Crippen LogP contribution in [0.5, 0.6) is 0 Å². The summed E-state index contributed by atoms with van der Waals surface area (Å²) in [6, 6.07) is 9.74. The van der Waals surface area contributed by atoms with Crippen LogP contribution < -0.4 is 0 Å². The van der Waals surface area contributed by atoms with E-state index in [4.69, 9.17) is 11.6 Å². The van der Waals surface area contributed by atoms with E-state index in [1.54, 1.807) is 11.3 Å². The lowest BCUT2D eigenvalue weighted by Crippen LogP contribution is -2.19. The van der Waals surface area contributed by atoms with Gasteiger partial charge in [-0.15, -0.1) is 11.3 Å². The highest BCUT2D eigenvalue weighted by molar-refractivity contribution is 7.10. The quantitative estimate of drug-likeness (QED) is 0.805. The van der Waals surface area contributed by atoms with Gasteiger partial charge in [-0.2, -0.15) is 0 Å². The Kier molecular flexibility index (Phi) is 3.72. The predicted molar refractivity (Wildman–Crippen MR) is 80.2 cm³/mol. The van der Waals surface area contributed by atoms with Crippen molar-refractivity contribution in [3.63, 3.8) is 0 Å². The smallest absolute Gasteiger partial charge is 0.144 e. The Morgan fingerprint density at radius 1 is 1.32 bits per heavy atom. The lowest BCUT2D eigenvalue weighted by molar-refractivity contribution is -0.120. The third-order valence-electron chi connectivity index (χ3n) is 3.76. The first-order valence-electron chi connectivity index (χ1n) is 6.58. The molecule has 1 atom stereocenters.